The molecule has 0 aromatic carbocycles. The average molecular weight is 377 g/mol. The largest absolute Gasteiger partial charge is 0.360 e. The molecule has 2 fully saturated rings. The van der Waals surface area contributed by atoms with Crippen LogP contribution < -0.4 is 10.2 Å². The normalized spacial score (nSPS) is 28.1. The van der Waals surface area contributed by atoms with Crippen LogP contribution in [-0.4, -0.2) is 48.8 Å². The molecule has 2 amide bonds. The minimum atomic E-state index is -0.911. The molecule has 3 atom stereocenters. The maximum absolute atomic E-state index is 13.5. The van der Waals surface area contributed by atoms with Gasteiger partial charge in [-0.25, -0.2) is 9.18 Å². The number of nitriles is 1. The number of carbonyl (C=O) groups excluding carboxylic acids is 1. The molecule has 0 bridgehead atoms. The number of anilines is 1. The van der Waals surface area contributed by atoms with Gasteiger partial charge in [0.1, 0.15) is 17.2 Å². The van der Waals surface area contributed by atoms with Crippen LogP contribution in [-0.2, 0) is 12.8 Å². The van der Waals surface area contributed by atoms with Crippen molar-refractivity contribution < 1.29 is 9.18 Å². The molecule has 1 aromatic rings. The monoisotopic (exact) mass is 376 g/mol. The van der Waals surface area contributed by atoms with E-state index in [9.17, 15) is 14.4 Å². The lowest BCUT2D eigenvalue weighted by Gasteiger charge is -2.24. The van der Waals surface area contributed by atoms with Crippen molar-refractivity contribution >= 4 is 22.4 Å². The third kappa shape index (κ3) is 3.16. The fourth-order valence-electron chi connectivity index (χ4n) is 4.46. The van der Waals surface area contributed by atoms with Gasteiger partial charge in [-0.2, -0.15) is 5.26 Å². The quantitative estimate of drug-likeness (QED) is 0.862. The van der Waals surface area contributed by atoms with Gasteiger partial charge in [-0.1, -0.05) is 0 Å². The van der Waals surface area contributed by atoms with Crippen LogP contribution in [0.5, 0.6) is 0 Å². The minimum absolute atomic E-state index is 0.0447. The molecule has 1 aliphatic carbocycles. The number of halogens is 1. The lowest BCUT2D eigenvalue weighted by Crippen LogP contribution is -2.47. The first-order valence-electron chi connectivity index (χ1n) is 9.57. The van der Waals surface area contributed by atoms with Crippen LogP contribution in [0, 0.1) is 11.3 Å². The fraction of sp³-hybridized carbons (Fsp3) is 0.684. The number of nitrogens with zero attached hydrogens (tertiary/aromatic N) is 3. The average Bonchev–Trinajstić information content (AvgIpc) is 3.31. The highest BCUT2D eigenvalue weighted by molar-refractivity contribution is 7.16. The molecular formula is C19H25FN4OS. The van der Waals surface area contributed by atoms with Gasteiger partial charge in [0.05, 0.1) is 12.1 Å². The van der Waals surface area contributed by atoms with E-state index < -0.39 is 6.17 Å². The minimum Gasteiger partial charge on any atom is -0.360 e. The summed E-state index contributed by atoms with van der Waals surface area (Å²) in [5.74, 6) is 0. The summed E-state index contributed by atoms with van der Waals surface area (Å²) in [6, 6.07) is 2.28. The first-order valence-corrected chi connectivity index (χ1v) is 10.4. The molecule has 0 unspecified atom stereocenters. The number of likely N-dealkylation sites (tertiary alicyclic amines) is 1. The van der Waals surface area contributed by atoms with Gasteiger partial charge in [0.25, 0.3) is 0 Å². The lowest BCUT2D eigenvalue weighted by molar-refractivity contribution is 0.190. The molecule has 26 heavy (non-hydrogen) atoms. The van der Waals surface area contributed by atoms with Crippen LogP contribution in [0.4, 0.5) is 14.2 Å². The van der Waals surface area contributed by atoms with E-state index in [4.69, 9.17) is 0 Å². The van der Waals surface area contributed by atoms with Gasteiger partial charge < -0.3 is 15.1 Å². The Morgan fingerprint density at radius 3 is 2.88 bits per heavy atom. The third-order valence-electron chi connectivity index (χ3n) is 5.85. The Hall–Kier alpha value is -1.81. The van der Waals surface area contributed by atoms with Crippen LogP contribution in [0.15, 0.2) is 0 Å². The molecule has 3 heterocycles. The second-order valence-electron chi connectivity index (χ2n) is 7.72. The van der Waals surface area contributed by atoms with Crippen LogP contribution >= 0.6 is 11.3 Å². The maximum Gasteiger partial charge on any atom is 0.318 e. The van der Waals surface area contributed by atoms with Gasteiger partial charge in [0.15, 0.2) is 0 Å². The number of thiophene rings is 1. The van der Waals surface area contributed by atoms with Crippen LogP contribution in [0.3, 0.4) is 0 Å². The number of fused-ring (bicyclic) bond motifs is 1. The first-order chi connectivity index (χ1) is 12.6. The summed E-state index contributed by atoms with van der Waals surface area (Å²) >= 11 is 1.76. The summed E-state index contributed by atoms with van der Waals surface area (Å²) in [6.45, 7) is 3.66. The first kappa shape index (κ1) is 17.6. The van der Waals surface area contributed by atoms with Crippen LogP contribution in [0.2, 0.25) is 0 Å². The molecule has 0 saturated carbocycles. The predicted molar refractivity (Wildman–Crippen MR) is 101 cm³/mol. The van der Waals surface area contributed by atoms with E-state index in [1.54, 1.807) is 16.2 Å². The summed E-state index contributed by atoms with van der Waals surface area (Å²) in [5.41, 5.74) is 2.11. The second-order valence-corrected chi connectivity index (χ2v) is 8.80. The van der Waals surface area contributed by atoms with Crippen molar-refractivity contribution in [3.8, 4) is 6.07 Å². The smallest absolute Gasteiger partial charge is 0.318 e. The van der Waals surface area contributed by atoms with Gasteiger partial charge in [-0.05, 0) is 44.6 Å². The summed E-state index contributed by atoms with van der Waals surface area (Å²) in [6.07, 6.45) is 4.85. The Kier molecular flexibility index (Phi) is 4.78. The Morgan fingerprint density at radius 2 is 2.15 bits per heavy atom. The number of urea groups is 1. The van der Waals surface area contributed by atoms with Crippen molar-refractivity contribution in [2.24, 2.45) is 0 Å². The molecule has 1 N–H and O–H groups in total. The second kappa shape index (κ2) is 7.07. The summed E-state index contributed by atoms with van der Waals surface area (Å²) in [4.78, 5) is 17.7. The van der Waals surface area contributed by atoms with Crippen LogP contribution in [0.25, 0.3) is 0 Å². The van der Waals surface area contributed by atoms with Crippen molar-refractivity contribution in [3.05, 3.63) is 16.0 Å². The molecule has 2 saturated heterocycles. The Morgan fingerprint density at radius 1 is 1.35 bits per heavy atom. The topological polar surface area (TPSA) is 59.4 Å². The number of rotatable bonds is 2. The Labute approximate surface area is 157 Å². The lowest BCUT2D eigenvalue weighted by atomic mass is 9.96. The molecule has 5 nitrogen and oxygen atoms in total. The van der Waals surface area contributed by atoms with E-state index in [1.807, 2.05) is 6.92 Å². The highest BCUT2D eigenvalue weighted by Gasteiger charge is 2.35. The standard InChI is InChI=1S/C19H25FN4OS/c1-12-8-13(20)10-24(12)19(25)22-14-6-7-23(11-14)18-16(9-21)15-4-2-3-5-17(15)26-18/h12-14H,2-8,10-11H2,1H3,(H,22,25)/t12-,13+,14+/m1/s1. The Balaban J connectivity index is 1.42. The number of alkyl halides is 1. The van der Waals surface area contributed by atoms with Gasteiger partial charge >= 0.3 is 6.03 Å². The third-order valence-corrected chi connectivity index (χ3v) is 7.20. The van der Waals surface area contributed by atoms with E-state index in [-0.39, 0.29) is 24.7 Å². The molecule has 0 spiro atoms. The van der Waals surface area contributed by atoms with Gasteiger partial charge in [-0.3, -0.25) is 0 Å². The van der Waals surface area contributed by atoms with E-state index in [1.165, 1.54) is 23.3 Å². The van der Waals surface area contributed by atoms with Crippen molar-refractivity contribution in [1.29, 1.82) is 5.26 Å². The summed E-state index contributed by atoms with van der Waals surface area (Å²) < 4.78 is 13.5. The van der Waals surface area contributed by atoms with E-state index >= 15 is 0 Å². The Bertz CT molecular complexity index is 743. The number of nitrogens with one attached hydrogen (secondary N) is 1. The maximum atomic E-state index is 13.5. The highest BCUT2D eigenvalue weighted by atomic mass is 32.1. The molecule has 4 rings (SSSR count). The van der Waals surface area contributed by atoms with E-state index in [0.717, 1.165) is 42.9 Å². The van der Waals surface area contributed by atoms with Crippen LogP contribution in [0.1, 0.15) is 48.6 Å². The zero-order valence-electron chi connectivity index (χ0n) is 15.1. The fourth-order valence-corrected chi connectivity index (χ4v) is 5.83. The molecule has 0 radical (unpaired) electrons. The van der Waals surface area contributed by atoms with Gasteiger partial charge in [0.2, 0.25) is 0 Å². The summed E-state index contributed by atoms with van der Waals surface area (Å²) in [7, 11) is 0. The number of hydrogen-bond donors (Lipinski definition) is 1. The number of hydrogen-bond acceptors (Lipinski definition) is 4. The predicted octanol–water partition coefficient (Wildman–Crippen LogP) is 3.22. The van der Waals surface area contributed by atoms with Gasteiger partial charge in [-0.15, -0.1) is 11.3 Å². The molecule has 7 heteroatoms. The molecule has 3 aliphatic rings. The van der Waals surface area contributed by atoms with Crippen molar-refractivity contribution in [2.45, 2.75) is 63.7 Å². The molecule has 1 aromatic heterocycles. The molecule has 140 valence electrons. The molecular weight excluding hydrogens is 351 g/mol. The number of carbonyl (C=O) groups is 1. The zero-order valence-corrected chi connectivity index (χ0v) is 15.9. The highest BCUT2D eigenvalue weighted by Crippen LogP contribution is 2.40. The van der Waals surface area contributed by atoms with Crippen molar-refractivity contribution in [2.75, 3.05) is 24.5 Å². The zero-order chi connectivity index (χ0) is 18.3. The van der Waals surface area contributed by atoms with Crippen molar-refractivity contribution in [1.82, 2.24) is 10.2 Å². The number of aryl methyl sites for hydroxylation is 1. The van der Waals surface area contributed by atoms with E-state index in [0.29, 0.717) is 6.42 Å². The SMILES string of the molecule is C[C@@H]1C[C@H](F)CN1C(=O)N[C@H]1CCN(c2sc3c(c2C#N)CCCC3)C1. The number of amides is 2. The van der Waals surface area contributed by atoms with Crippen molar-refractivity contribution in [3.63, 3.8) is 0 Å². The molecule has 2 aliphatic heterocycles. The summed E-state index contributed by atoms with van der Waals surface area (Å²) in [5, 5.41) is 13.8. The van der Waals surface area contributed by atoms with E-state index in [2.05, 4.69) is 16.3 Å². The van der Waals surface area contributed by atoms with Gasteiger partial charge in [0, 0.05) is 36.5 Å².